The average Bonchev–Trinajstić information content (AvgIpc) is 3.07. The highest BCUT2D eigenvalue weighted by atomic mass is 19.4. The molecule has 0 amide bonds. The van der Waals surface area contributed by atoms with Gasteiger partial charge in [0.1, 0.15) is 12.3 Å². The fraction of sp³-hybridized carbons (Fsp3) is 0.333. The number of halogens is 3. The summed E-state index contributed by atoms with van der Waals surface area (Å²) in [6.45, 7) is 9.71. The Balaban J connectivity index is 1.62. The van der Waals surface area contributed by atoms with Gasteiger partial charge < -0.3 is 14.4 Å². The van der Waals surface area contributed by atoms with Crippen molar-refractivity contribution in [2.45, 2.75) is 32.0 Å². The fourth-order valence-electron chi connectivity index (χ4n) is 3.19. The molecule has 150 valence electrons. The van der Waals surface area contributed by atoms with Crippen LogP contribution in [-0.2, 0) is 22.3 Å². The zero-order valence-electron chi connectivity index (χ0n) is 15.6. The molecule has 0 radical (unpaired) electrons. The molecule has 1 saturated heterocycles. The SMILES string of the molecule is [C-]#[N+]c1ccc(COC[C@H]2CN(c3ccc(C#N)c(C(F)(F)F)c3)[C@H](C)O2)cc1. The van der Waals surface area contributed by atoms with E-state index >= 15 is 0 Å². The summed E-state index contributed by atoms with van der Waals surface area (Å²) in [6.07, 6.45) is -5.32. The lowest BCUT2D eigenvalue weighted by Crippen LogP contribution is -2.28. The number of anilines is 1. The van der Waals surface area contributed by atoms with Gasteiger partial charge in [0, 0.05) is 12.2 Å². The molecule has 8 heteroatoms. The van der Waals surface area contributed by atoms with E-state index in [9.17, 15) is 13.2 Å². The molecule has 1 aliphatic heterocycles. The van der Waals surface area contributed by atoms with Crippen LogP contribution < -0.4 is 4.90 Å². The van der Waals surface area contributed by atoms with E-state index in [1.54, 1.807) is 30.0 Å². The highest BCUT2D eigenvalue weighted by Gasteiger charge is 2.36. The van der Waals surface area contributed by atoms with Crippen molar-refractivity contribution < 1.29 is 22.6 Å². The first-order chi connectivity index (χ1) is 13.8. The van der Waals surface area contributed by atoms with Crippen molar-refractivity contribution >= 4 is 11.4 Å². The zero-order valence-corrected chi connectivity index (χ0v) is 15.6. The van der Waals surface area contributed by atoms with Gasteiger partial charge in [-0.1, -0.05) is 24.3 Å². The number of benzene rings is 2. The topological polar surface area (TPSA) is 49.8 Å². The standard InChI is InChI=1S/C21H18F3N3O2/c1-14-27(18-8-5-16(10-25)20(9-18)21(22,23)24)11-19(29-14)13-28-12-15-3-6-17(26-2)7-4-15/h3-9,14,19H,11-13H2,1H3/t14-,19+/m0/s1. The molecule has 1 fully saturated rings. The summed E-state index contributed by atoms with van der Waals surface area (Å²) in [5.74, 6) is 0. The van der Waals surface area contributed by atoms with Gasteiger partial charge in [0.2, 0.25) is 0 Å². The van der Waals surface area contributed by atoms with Gasteiger partial charge in [-0.15, -0.1) is 0 Å². The number of hydrogen-bond donors (Lipinski definition) is 0. The Morgan fingerprint density at radius 3 is 2.62 bits per heavy atom. The fourth-order valence-corrected chi connectivity index (χ4v) is 3.19. The van der Waals surface area contributed by atoms with Crippen LogP contribution in [0.15, 0.2) is 42.5 Å². The quantitative estimate of drug-likeness (QED) is 0.669. The number of ether oxygens (including phenoxy) is 2. The predicted octanol–water partition coefficient (Wildman–Crippen LogP) is 4.90. The first-order valence-corrected chi connectivity index (χ1v) is 8.89. The largest absolute Gasteiger partial charge is 0.417 e. The minimum atomic E-state index is -4.60. The molecular formula is C21H18F3N3O2. The number of alkyl halides is 3. The Morgan fingerprint density at radius 2 is 2.00 bits per heavy atom. The molecule has 1 heterocycles. The molecular weight excluding hydrogens is 383 g/mol. The third kappa shape index (κ3) is 4.86. The third-order valence-corrected chi connectivity index (χ3v) is 4.63. The van der Waals surface area contributed by atoms with Crippen molar-refractivity contribution in [2.24, 2.45) is 0 Å². The summed E-state index contributed by atoms with van der Waals surface area (Å²) < 4.78 is 51.1. The number of nitriles is 1. The van der Waals surface area contributed by atoms with Crippen LogP contribution in [0.25, 0.3) is 4.85 Å². The first-order valence-electron chi connectivity index (χ1n) is 8.89. The summed E-state index contributed by atoms with van der Waals surface area (Å²) in [6, 6.07) is 12.3. The van der Waals surface area contributed by atoms with Gasteiger partial charge >= 0.3 is 6.18 Å². The van der Waals surface area contributed by atoms with Gasteiger partial charge in [0.05, 0.1) is 37.0 Å². The maximum atomic E-state index is 13.2. The molecule has 0 spiro atoms. The molecule has 5 nitrogen and oxygen atoms in total. The maximum absolute atomic E-state index is 13.2. The molecule has 2 atom stereocenters. The van der Waals surface area contributed by atoms with E-state index in [1.807, 2.05) is 12.1 Å². The van der Waals surface area contributed by atoms with Gasteiger partial charge in [-0.2, -0.15) is 18.4 Å². The molecule has 2 aromatic carbocycles. The van der Waals surface area contributed by atoms with Crippen LogP contribution >= 0.6 is 0 Å². The molecule has 0 aliphatic carbocycles. The Hall–Kier alpha value is -3.07. The Bertz CT molecular complexity index is 946. The van der Waals surface area contributed by atoms with Crippen LogP contribution in [0, 0.1) is 17.9 Å². The van der Waals surface area contributed by atoms with E-state index in [0.717, 1.165) is 11.6 Å². The lowest BCUT2D eigenvalue weighted by molar-refractivity contribution is -0.137. The molecule has 0 unspecified atom stereocenters. The van der Waals surface area contributed by atoms with Crippen LogP contribution in [0.1, 0.15) is 23.6 Å². The van der Waals surface area contributed by atoms with Crippen molar-refractivity contribution in [2.75, 3.05) is 18.1 Å². The zero-order chi connectivity index (χ0) is 21.0. The van der Waals surface area contributed by atoms with Crippen LogP contribution in [0.4, 0.5) is 24.5 Å². The molecule has 0 N–H and O–H groups in total. The monoisotopic (exact) mass is 401 g/mol. The van der Waals surface area contributed by atoms with E-state index in [4.69, 9.17) is 21.3 Å². The van der Waals surface area contributed by atoms with Gasteiger partial charge in [-0.3, -0.25) is 0 Å². The van der Waals surface area contributed by atoms with Crippen molar-refractivity contribution in [3.63, 3.8) is 0 Å². The van der Waals surface area contributed by atoms with E-state index < -0.39 is 23.5 Å². The summed E-state index contributed by atoms with van der Waals surface area (Å²) >= 11 is 0. The summed E-state index contributed by atoms with van der Waals surface area (Å²) in [4.78, 5) is 5.05. The van der Waals surface area contributed by atoms with Gasteiger partial charge in [0.15, 0.2) is 5.69 Å². The number of hydrogen-bond acceptors (Lipinski definition) is 4. The lowest BCUT2D eigenvalue weighted by atomic mass is 10.1. The minimum Gasteiger partial charge on any atom is -0.374 e. The van der Waals surface area contributed by atoms with E-state index in [-0.39, 0.29) is 12.7 Å². The van der Waals surface area contributed by atoms with Crippen LogP contribution in [0.2, 0.25) is 0 Å². The molecule has 0 bridgehead atoms. The van der Waals surface area contributed by atoms with Crippen LogP contribution in [-0.4, -0.2) is 25.5 Å². The van der Waals surface area contributed by atoms with Crippen molar-refractivity contribution in [1.82, 2.24) is 0 Å². The summed E-state index contributed by atoms with van der Waals surface area (Å²) in [5.41, 5.74) is 0.464. The molecule has 0 saturated carbocycles. The second-order valence-corrected chi connectivity index (χ2v) is 6.64. The third-order valence-electron chi connectivity index (χ3n) is 4.63. The van der Waals surface area contributed by atoms with Crippen molar-refractivity contribution in [3.05, 3.63) is 70.6 Å². The highest BCUT2D eigenvalue weighted by molar-refractivity contribution is 5.55. The molecule has 3 rings (SSSR count). The Labute approximate surface area is 166 Å². The Kier molecular flexibility index (Phi) is 6.07. The normalized spacial score (nSPS) is 19.0. The van der Waals surface area contributed by atoms with Crippen LogP contribution in [0.3, 0.4) is 0 Å². The maximum Gasteiger partial charge on any atom is 0.417 e. The molecule has 0 aromatic heterocycles. The van der Waals surface area contributed by atoms with Gasteiger partial charge in [-0.05, 0) is 30.7 Å². The van der Waals surface area contributed by atoms with Crippen molar-refractivity contribution in [3.8, 4) is 6.07 Å². The lowest BCUT2D eigenvalue weighted by Gasteiger charge is -2.23. The second-order valence-electron chi connectivity index (χ2n) is 6.64. The van der Waals surface area contributed by atoms with E-state index in [2.05, 4.69) is 4.85 Å². The summed E-state index contributed by atoms with van der Waals surface area (Å²) in [7, 11) is 0. The Morgan fingerprint density at radius 1 is 1.28 bits per heavy atom. The van der Waals surface area contributed by atoms with Crippen LogP contribution in [0.5, 0.6) is 0 Å². The average molecular weight is 401 g/mol. The summed E-state index contributed by atoms with van der Waals surface area (Å²) in [5, 5.41) is 8.93. The number of rotatable bonds is 5. The second kappa shape index (κ2) is 8.52. The predicted molar refractivity (Wildman–Crippen MR) is 100 cm³/mol. The molecule has 2 aromatic rings. The van der Waals surface area contributed by atoms with E-state index in [0.29, 0.717) is 24.5 Å². The van der Waals surface area contributed by atoms with Gasteiger partial charge in [-0.25, -0.2) is 4.85 Å². The van der Waals surface area contributed by atoms with E-state index in [1.165, 1.54) is 12.1 Å². The first kappa shape index (κ1) is 20.7. The smallest absolute Gasteiger partial charge is 0.374 e. The molecule has 29 heavy (non-hydrogen) atoms. The number of nitrogens with zero attached hydrogens (tertiary/aromatic N) is 3. The highest BCUT2D eigenvalue weighted by Crippen LogP contribution is 2.36. The molecule has 1 aliphatic rings. The van der Waals surface area contributed by atoms with Gasteiger partial charge in [0.25, 0.3) is 0 Å². The van der Waals surface area contributed by atoms with Crippen molar-refractivity contribution in [1.29, 1.82) is 5.26 Å². The minimum absolute atomic E-state index is 0.286.